The first-order chi connectivity index (χ1) is 11.2. The van der Waals surface area contributed by atoms with E-state index in [1.54, 1.807) is 12.1 Å². The largest absolute Gasteiger partial charge is 0.461 e. The van der Waals surface area contributed by atoms with Gasteiger partial charge < -0.3 is 19.0 Å². The van der Waals surface area contributed by atoms with E-state index >= 15 is 0 Å². The molecule has 1 N–H and O–H groups in total. The van der Waals surface area contributed by atoms with E-state index in [2.05, 4.69) is 26.4 Å². The molecule has 2 heterocycles. The number of hydrogen-bond donors (Lipinski definition) is 1. The average Bonchev–Trinajstić information content (AvgIpc) is 3.20. The van der Waals surface area contributed by atoms with Crippen molar-refractivity contribution in [3.05, 3.63) is 58.8 Å². The van der Waals surface area contributed by atoms with Crippen LogP contribution >= 0.6 is 15.9 Å². The van der Waals surface area contributed by atoms with Crippen molar-refractivity contribution in [2.45, 2.75) is 6.42 Å². The number of carbonyl (C=O) groups excluding carboxylic acids is 1. The zero-order valence-corrected chi connectivity index (χ0v) is 13.6. The van der Waals surface area contributed by atoms with Gasteiger partial charge in [-0.1, -0.05) is 28.1 Å². The van der Waals surface area contributed by atoms with Crippen LogP contribution in [0, 0.1) is 0 Å². The second-order valence-electron chi connectivity index (χ2n) is 4.70. The second-order valence-corrected chi connectivity index (χ2v) is 5.62. The van der Waals surface area contributed by atoms with E-state index in [0.29, 0.717) is 24.5 Å². The summed E-state index contributed by atoms with van der Waals surface area (Å²) in [6.45, 7) is 0.462. The van der Waals surface area contributed by atoms with Gasteiger partial charge in [-0.15, -0.1) is 0 Å². The van der Waals surface area contributed by atoms with E-state index in [9.17, 15) is 4.79 Å². The third-order valence-corrected chi connectivity index (χ3v) is 3.57. The fraction of sp³-hybridized carbons (Fsp3) is 0.125. The van der Waals surface area contributed by atoms with E-state index in [1.165, 1.54) is 12.3 Å². The molecule has 0 saturated heterocycles. The predicted octanol–water partition coefficient (Wildman–Crippen LogP) is 4.03. The Bertz CT molecular complexity index is 766. The van der Waals surface area contributed by atoms with Crippen molar-refractivity contribution < 1.29 is 18.5 Å². The van der Waals surface area contributed by atoms with Gasteiger partial charge in [-0.3, -0.25) is 0 Å². The van der Waals surface area contributed by atoms with Crippen molar-refractivity contribution in [1.29, 1.82) is 0 Å². The number of ether oxygens (including phenoxy) is 1. The second kappa shape index (κ2) is 7.15. The number of nitrogens with one attached hydrogen (secondary N) is 1. The van der Waals surface area contributed by atoms with Crippen LogP contribution in [0.1, 0.15) is 5.56 Å². The number of benzene rings is 1. The molecular weight excluding hydrogens is 364 g/mol. The van der Waals surface area contributed by atoms with Crippen molar-refractivity contribution in [2.24, 2.45) is 0 Å². The first-order valence-electron chi connectivity index (χ1n) is 6.91. The molecule has 1 amide bonds. The van der Waals surface area contributed by atoms with Crippen LogP contribution in [0.5, 0.6) is 5.88 Å². The summed E-state index contributed by atoms with van der Waals surface area (Å²) in [4.78, 5) is 11.7. The Balaban J connectivity index is 1.47. The number of nitrogens with zero attached hydrogens (tertiary/aromatic N) is 1. The SMILES string of the molecule is O=C(NCCc1ccc(Br)cc1)Oc1cc(-c2ccco2)on1. The normalized spacial score (nSPS) is 10.5. The van der Waals surface area contributed by atoms with Gasteiger partial charge in [0.15, 0.2) is 5.76 Å². The third-order valence-electron chi connectivity index (χ3n) is 3.05. The highest BCUT2D eigenvalue weighted by Gasteiger charge is 2.12. The highest BCUT2D eigenvalue weighted by molar-refractivity contribution is 9.10. The van der Waals surface area contributed by atoms with Gasteiger partial charge in [0, 0.05) is 11.0 Å². The van der Waals surface area contributed by atoms with Crippen molar-refractivity contribution in [2.75, 3.05) is 6.54 Å². The van der Waals surface area contributed by atoms with Crippen molar-refractivity contribution in [3.63, 3.8) is 0 Å². The van der Waals surface area contributed by atoms with Crippen LogP contribution in [0.2, 0.25) is 0 Å². The van der Waals surface area contributed by atoms with Gasteiger partial charge in [0.1, 0.15) is 0 Å². The summed E-state index contributed by atoms with van der Waals surface area (Å²) in [5.41, 5.74) is 1.12. The van der Waals surface area contributed by atoms with Gasteiger partial charge in [-0.2, -0.15) is 0 Å². The monoisotopic (exact) mass is 376 g/mol. The predicted molar refractivity (Wildman–Crippen MR) is 86.1 cm³/mol. The average molecular weight is 377 g/mol. The summed E-state index contributed by atoms with van der Waals surface area (Å²) < 4.78 is 16.3. The molecule has 0 fully saturated rings. The molecule has 0 spiro atoms. The smallest absolute Gasteiger partial charge is 0.414 e. The lowest BCUT2D eigenvalue weighted by Crippen LogP contribution is -2.28. The van der Waals surface area contributed by atoms with Gasteiger partial charge in [0.25, 0.3) is 5.88 Å². The molecular formula is C16H13BrN2O4. The van der Waals surface area contributed by atoms with Crippen LogP contribution in [-0.2, 0) is 6.42 Å². The molecule has 1 aromatic carbocycles. The first kappa shape index (κ1) is 15.4. The van der Waals surface area contributed by atoms with E-state index in [4.69, 9.17) is 13.7 Å². The molecule has 0 atom stereocenters. The Morgan fingerprint density at radius 1 is 1.22 bits per heavy atom. The molecule has 0 aliphatic carbocycles. The Morgan fingerprint density at radius 3 is 2.78 bits per heavy atom. The Labute approximate surface area is 140 Å². The molecule has 7 heteroatoms. The Morgan fingerprint density at radius 2 is 2.04 bits per heavy atom. The summed E-state index contributed by atoms with van der Waals surface area (Å²) in [5, 5.41) is 6.33. The molecule has 0 unspecified atom stereocenters. The lowest BCUT2D eigenvalue weighted by molar-refractivity contribution is 0.196. The third kappa shape index (κ3) is 4.23. The van der Waals surface area contributed by atoms with Crippen molar-refractivity contribution >= 4 is 22.0 Å². The van der Waals surface area contributed by atoms with Gasteiger partial charge in [-0.25, -0.2) is 4.79 Å². The fourth-order valence-electron chi connectivity index (χ4n) is 1.93. The number of furan rings is 1. The van der Waals surface area contributed by atoms with Crippen LogP contribution in [0.25, 0.3) is 11.5 Å². The number of amides is 1. The first-order valence-corrected chi connectivity index (χ1v) is 7.71. The lowest BCUT2D eigenvalue weighted by Gasteiger charge is -2.04. The molecule has 0 aliphatic heterocycles. The number of halogens is 1. The summed E-state index contributed by atoms with van der Waals surface area (Å²) >= 11 is 3.38. The molecule has 0 bridgehead atoms. The maximum Gasteiger partial charge on any atom is 0.414 e. The maximum absolute atomic E-state index is 11.7. The molecule has 0 aliphatic rings. The van der Waals surface area contributed by atoms with Crippen molar-refractivity contribution in [3.8, 4) is 17.4 Å². The summed E-state index contributed by atoms with van der Waals surface area (Å²) in [5.74, 6) is 0.994. The Hall–Kier alpha value is -2.54. The summed E-state index contributed by atoms with van der Waals surface area (Å²) in [6.07, 6.45) is 1.65. The number of carbonyl (C=O) groups is 1. The van der Waals surface area contributed by atoms with E-state index in [1.807, 2.05) is 24.3 Å². The number of aromatic nitrogens is 1. The van der Waals surface area contributed by atoms with E-state index in [0.717, 1.165) is 10.0 Å². The molecule has 6 nitrogen and oxygen atoms in total. The van der Waals surface area contributed by atoms with Crippen LogP contribution in [0.3, 0.4) is 0 Å². The topological polar surface area (TPSA) is 77.5 Å². The fourth-order valence-corrected chi connectivity index (χ4v) is 2.20. The van der Waals surface area contributed by atoms with Crippen LogP contribution in [0.4, 0.5) is 4.79 Å². The van der Waals surface area contributed by atoms with Crippen LogP contribution in [0.15, 0.2) is 62.1 Å². The van der Waals surface area contributed by atoms with Gasteiger partial charge in [-0.05, 0) is 41.4 Å². The standard InChI is InChI=1S/C16H13BrN2O4/c17-12-5-3-11(4-6-12)7-8-18-16(20)22-15-10-14(23-19-15)13-2-1-9-21-13/h1-6,9-10H,7-8H2,(H,18,20). The highest BCUT2D eigenvalue weighted by Crippen LogP contribution is 2.23. The number of rotatable bonds is 5. The zero-order valence-electron chi connectivity index (χ0n) is 12.0. The summed E-state index contributed by atoms with van der Waals surface area (Å²) in [7, 11) is 0. The van der Waals surface area contributed by atoms with Gasteiger partial charge >= 0.3 is 6.09 Å². The molecule has 0 radical (unpaired) electrons. The minimum absolute atomic E-state index is 0.0811. The maximum atomic E-state index is 11.7. The van der Waals surface area contributed by atoms with Gasteiger partial charge in [0.2, 0.25) is 5.76 Å². The van der Waals surface area contributed by atoms with E-state index < -0.39 is 6.09 Å². The molecule has 2 aromatic heterocycles. The van der Waals surface area contributed by atoms with E-state index in [-0.39, 0.29) is 5.88 Å². The summed E-state index contributed by atoms with van der Waals surface area (Å²) in [6, 6.07) is 12.8. The highest BCUT2D eigenvalue weighted by atomic mass is 79.9. The minimum atomic E-state index is -0.582. The van der Waals surface area contributed by atoms with Crippen molar-refractivity contribution in [1.82, 2.24) is 10.5 Å². The minimum Gasteiger partial charge on any atom is -0.461 e. The Kier molecular flexibility index (Phi) is 4.77. The molecule has 0 saturated carbocycles. The molecule has 118 valence electrons. The number of hydrogen-bond acceptors (Lipinski definition) is 5. The lowest BCUT2D eigenvalue weighted by atomic mass is 10.1. The van der Waals surface area contributed by atoms with Gasteiger partial charge in [0.05, 0.1) is 12.3 Å². The van der Waals surface area contributed by atoms with Crippen LogP contribution < -0.4 is 10.1 Å². The molecule has 3 rings (SSSR count). The molecule has 23 heavy (non-hydrogen) atoms. The van der Waals surface area contributed by atoms with Crippen LogP contribution in [-0.4, -0.2) is 17.8 Å². The zero-order chi connectivity index (χ0) is 16.1. The quantitative estimate of drug-likeness (QED) is 0.727. The molecule has 3 aromatic rings.